The van der Waals surface area contributed by atoms with E-state index in [9.17, 15) is 9.59 Å². The number of carbonyl (C=O) groups is 2. The molecule has 0 saturated heterocycles. The van der Waals surface area contributed by atoms with E-state index in [1.165, 1.54) is 13.1 Å². The first-order valence-electron chi connectivity index (χ1n) is 5.20. The van der Waals surface area contributed by atoms with Crippen LogP contribution in [-0.2, 0) is 4.79 Å². The molecule has 2 amide bonds. The Kier molecular flexibility index (Phi) is 3.09. The summed E-state index contributed by atoms with van der Waals surface area (Å²) in [6, 6.07) is 6.98. The fraction of sp³-hybridized carbons (Fsp3) is 0.0833. The van der Waals surface area contributed by atoms with Crippen LogP contribution in [-0.4, -0.2) is 16.8 Å². The summed E-state index contributed by atoms with van der Waals surface area (Å²) in [5.41, 5.74) is 6.22. The largest absolute Gasteiger partial charge is 0.431 e. The highest BCUT2D eigenvalue weighted by molar-refractivity contribution is 5.93. The molecule has 6 heteroatoms. The Labute approximate surface area is 103 Å². The number of aromatic nitrogens is 1. The highest BCUT2D eigenvalue weighted by atomic mass is 16.4. The standard InChI is InChI=1S/C12H11N3O3/c1-7(16)15-9-5-3-2-4-8(9)12-14-6-10(18-12)11(13)17/h2-6H,1H3,(H2,13,17)(H,15,16). The molecule has 0 unspecified atom stereocenters. The average molecular weight is 245 g/mol. The van der Waals surface area contributed by atoms with Crippen LogP contribution >= 0.6 is 0 Å². The first kappa shape index (κ1) is 11.8. The van der Waals surface area contributed by atoms with Crippen molar-refractivity contribution in [3.63, 3.8) is 0 Å². The normalized spacial score (nSPS) is 10.1. The van der Waals surface area contributed by atoms with Gasteiger partial charge in [0, 0.05) is 6.92 Å². The van der Waals surface area contributed by atoms with Gasteiger partial charge in [0.1, 0.15) is 0 Å². The second kappa shape index (κ2) is 4.70. The van der Waals surface area contributed by atoms with Gasteiger partial charge < -0.3 is 15.5 Å². The van der Waals surface area contributed by atoms with E-state index >= 15 is 0 Å². The van der Waals surface area contributed by atoms with Crippen LogP contribution in [0.15, 0.2) is 34.9 Å². The highest BCUT2D eigenvalue weighted by Gasteiger charge is 2.13. The Bertz CT molecular complexity index is 604. The van der Waals surface area contributed by atoms with Crippen LogP contribution < -0.4 is 11.1 Å². The van der Waals surface area contributed by atoms with Gasteiger partial charge in [0.25, 0.3) is 5.91 Å². The first-order valence-corrected chi connectivity index (χ1v) is 5.20. The maximum Gasteiger partial charge on any atom is 0.286 e. The van der Waals surface area contributed by atoms with E-state index in [4.69, 9.17) is 10.2 Å². The molecule has 0 aliphatic heterocycles. The van der Waals surface area contributed by atoms with Crippen molar-refractivity contribution in [1.82, 2.24) is 4.98 Å². The van der Waals surface area contributed by atoms with Crippen molar-refractivity contribution in [2.45, 2.75) is 6.92 Å². The quantitative estimate of drug-likeness (QED) is 0.853. The van der Waals surface area contributed by atoms with Crippen molar-refractivity contribution < 1.29 is 14.0 Å². The molecule has 0 aliphatic rings. The van der Waals surface area contributed by atoms with E-state index in [1.54, 1.807) is 24.3 Å². The van der Waals surface area contributed by atoms with Gasteiger partial charge in [-0.3, -0.25) is 9.59 Å². The molecule has 0 aliphatic carbocycles. The Morgan fingerprint density at radius 2 is 2.06 bits per heavy atom. The Morgan fingerprint density at radius 3 is 2.67 bits per heavy atom. The van der Waals surface area contributed by atoms with E-state index < -0.39 is 5.91 Å². The molecule has 3 N–H and O–H groups in total. The lowest BCUT2D eigenvalue weighted by Gasteiger charge is -2.06. The maximum atomic E-state index is 11.1. The number of para-hydroxylation sites is 1. The molecule has 0 spiro atoms. The van der Waals surface area contributed by atoms with Gasteiger partial charge in [0.05, 0.1) is 17.4 Å². The molecule has 18 heavy (non-hydrogen) atoms. The summed E-state index contributed by atoms with van der Waals surface area (Å²) in [6.07, 6.45) is 1.25. The van der Waals surface area contributed by atoms with Crippen molar-refractivity contribution in [1.29, 1.82) is 0 Å². The van der Waals surface area contributed by atoms with E-state index in [-0.39, 0.29) is 17.6 Å². The molecular weight excluding hydrogens is 234 g/mol. The molecule has 2 aromatic rings. The zero-order valence-electron chi connectivity index (χ0n) is 9.64. The van der Waals surface area contributed by atoms with Gasteiger partial charge in [0.2, 0.25) is 17.6 Å². The third kappa shape index (κ3) is 2.37. The summed E-state index contributed by atoms with van der Waals surface area (Å²) < 4.78 is 5.22. The zero-order valence-corrected chi connectivity index (χ0v) is 9.64. The SMILES string of the molecule is CC(=O)Nc1ccccc1-c1ncc(C(N)=O)o1. The van der Waals surface area contributed by atoms with Gasteiger partial charge in [-0.2, -0.15) is 0 Å². The van der Waals surface area contributed by atoms with Crippen LogP contribution in [0.5, 0.6) is 0 Å². The predicted octanol–water partition coefficient (Wildman–Crippen LogP) is 1.40. The molecule has 0 bridgehead atoms. The van der Waals surface area contributed by atoms with Crippen molar-refractivity contribution >= 4 is 17.5 Å². The lowest BCUT2D eigenvalue weighted by atomic mass is 10.2. The summed E-state index contributed by atoms with van der Waals surface area (Å²) in [4.78, 5) is 26.0. The highest BCUT2D eigenvalue weighted by Crippen LogP contribution is 2.27. The maximum absolute atomic E-state index is 11.1. The second-order valence-corrected chi connectivity index (χ2v) is 3.62. The van der Waals surface area contributed by atoms with Crippen LogP contribution in [0.4, 0.5) is 5.69 Å². The number of rotatable bonds is 3. The van der Waals surface area contributed by atoms with Gasteiger partial charge >= 0.3 is 0 Å². The van der Waals surface area contributed by atoms with Crippen molar-refractivity contribution in [3.8, 4) is 11.5 Å². The third-order valence-electron chi connectivity index (χ3n) is 2.22. The number of hydrogen-bond donors (Lipinski definition) is 2. The van der Waals surface area contributed by atoms with Gasteiger partial charge in [-0.05, 0) is 12.1 Å². The van der Waals surface area contributed by atoms with Crippen molar-refractivity contribution in [3.05, 3.63) is 36.2 Å². The minimum Gasteiger partial charge on any atom is -0.431 e. The van der Waals surface area contributed by atoms with Gasteiger partial charge in [-0.25, -0.2) is 4.98 Å². The minimum absolute atomic E-state index is 0.0253. The predicted molar refractivity (Wildman–Crippen MR) is 64.8 cm³/mol. The van der Waals surface area contributed by atoms with E-state index in [0.717, 1.165) is 0 Å². The Morgan fingerprint density at radius 1 is 1.33 bits per heavy atom. The summed E-state index contributed by atoms with van der Waals surface area (Å²) in [6.45, 7) is 1.40. The molecule has 2 rings (SSSR count). The monoisotopic (exact) mass is 245 g/mol. The number of amides is 2. The third-order valence-corrected chi connectivity index (χ3v) is 2.22. The van der Waals surface area contributed by atoms with E-state index in [1.807, 2.05) is 0 Å². The number of nitrogens with zero attached hydrogens (tertiary/aromatic N) is 1. The van der Waals surface area contributed by atoms with Gasteiger partial charge in [0.15, 0.2) is 0 Å². The lowest BCUT2D eigenvalue weighted by Crippen LogP contribution is -2.09. The number of oxazole rings is 1. The van der Waals surface area contributed by atoms with Crippen LogP contribution in [0.1, 0.15) is 17.5 Å². The summed E-state index contributed by atoms with van der Waals surface area (Å²) in [5, 5.41) is 2.66. The van der Waals surface area contributed by atoms with Crippen LogP contribution in [0.2, 0.25) is 0 Å². The fourth-order valence-electron chi connectivity index (χ4n) is 1.48. The molecule has 1 aromatic heterocycles. The summed E-state index contributed by atoms with van der Waals surface area (Å²) in [7, 11) is 0. The molecule has 1 aromatic carbocycles. The lowest BCUT2D eigenvalue weighted by molar-refractivity contribution is -0.114. The molecule has 0 saturated carbocycles. The zero-order chi connectivity index (χ0) is 13.1. The van der Waals surface area contributed by atoms with Gasteiger partial charge in [-0.15, -0.1) is 0 Å². The van der Waals surface area contributed by atoms with E-state index in [0.29, 0.717) is 11.3 Å². The summed E-state index contributed by atoms with van der Waals surface area (Å²) in [5.74, 6) is -0.689. The molecule has 92 valence electrons. The average Bonchev–Trinajstić information content (AvgIpc) is 2.78. The Hall–Kier alpha value is -2.63. The molecule has 6 nitrogen and oxygen atoms in total. The van der Waals surface area contributed by atoms with Crippen LogP contribution in [0.25, 0.3) is 11.5 Å². The molecular formula is C12H11N3O3. The number of nitrogens with one attached hydrogen (secondary N) is 1. The van der Waals surface area contributed by atoms with Crippen molar-refractivity contribution in [2.75, 3.05) is 5.32 Å². The van der Waals surface area contributed by atoms with Crippen LogP contribution in [0, 0.1) is 0 Å². The summed E-state index contributed by atoms with van der Waals surface area (Å²) >= 11 is 0. The minimum atomic E-state index is -0.689. The fourth-order valence-corrected chi connectivity index (χ4v) is 1.48. The topological polar surface area (TPSA) is 98.2 Å². The Balaban J connectivity index is 2.42. The molecule has 1 heterocycles. The molecule has 0 atom stereocenters. The number of primary amides is 1. The van der Waals surface area contributed by atoms with Gasteiger partial charge in [-0.1, -0.05) is 12.1 Å². The van der Waals surface area contributed by atoms with E-state index in [2.05, 4.69) is 10.3 Å². The number of benzene rings is 1. The first-order chi connectivity index (χ1) is 8.58. The smallest absolute Gasteiger partial charge is 0.286 e. The number of nitrogens with two attached hydrogens (primary N) is 1. The van der Waals surface area contributed by atoms with Crippen molar-refractivity contribution in [2.24, 2.45) is 5.73 Å². The van der Waals surface area contributed by atoms with Crippen LogP contribution in [0.3, 0.4) is 0 Å². The number of carbonyl (C=O) groups excluding carboxylic acids is 2. The second-order valence-electron chi connectivity index (χ2n) is 3.62. The molecule has 0 fully saturated rings. The molecule has 0 radical (unpaired) electrons. The number of hydrogen-bond acceptors (Lipinski definition) is 4. The number of anilines is 1.